The van der Waals surface area contributed by atoms with Crippen molar-refractivity contribution in [2.75, 3.05) is 10.6 Å². The van der Waals surface area contributed by atoms with Crippen LogP contribution in [0.15, 0.2) is 24.3 Å². The van der Waals surface area contributed by atoms with E-state index in [2.05, 4.69) is 21.3 Å². The van der Waals surface area contributed by atoms with E-state index in [1.807, 2.05) is 0 Å². The number of benzene rings is 1. The molecule has 0 heterocycles. The van der Waals surface area contributed by atoms with E-state index in [4.69, 9.17) is 0 Å². The van der Waals surface area contributed by atoms with Crippen LogP contribution in [0.5, 0.6) is 0 Å². The lowest BCUT2D eigenvalue weighted by molar-refractivity contribution is -0.126. The molecule has 0 aromatic heterocycles. The predicted octanol–water partition coefficient (Wildman–Crippen LogP) is 2.60. The van der Waals surface area contributed by atoms with Gasteiger partial charge in [0.25, 0.3) is 0 Å². The molecule has 0 bridgehead atoms. The first-order valence-corrected chi connectivity index (χ1v) is 9.27. The van der Waals surface area contributed by atoms with Gasteiger partial charge in [0.15, 0.2) is 0 Å². The van der Waals surface area contributed by atoms with Gasteiger partial charge in [-0.3, -0.25) is 9.59 Å². The zero-order valence-electron chi connectivity index (χ0n) is 15.0. The summed E-state index contributed by atoms with van der Waals surface area (Å²) < 4.78 is 0. The normalized spacial score (nSPS) is 18.0. The van der Waals surface area contributed by atoms with Crippen LogP contribution >= 0.6 is 0 Å². The summed E-state index contributed by atoms with van der Waals surface area (Å²) in [5.74, 6) is -0.205. The highest BCUT2D eigenvalue weighted by Gasteiger charge is 2.31. The Morgan fingerprint density at radius 2 is 1.50 bits per heavy atom. The number of hydrogen-bond donors (Lipinski definition) is 4. The number of amides is 4. The Bertz CT molecular complexity index is 664. The van der Waals surface area contributed by atoms with Crippen molar-refractivity contribution >= 4 is 29.2 Å². The molecule has 4 N–H and O–H groups in total. The van der Waals surface area contributed by atoms with Gasteiger partial charge in [-0.25, -0.2) is 4.79 Å². The average molecular weight is 358 g/mol. The fraction of sp³-hybridized carbons (Fsp3) is 0.526. The lowest BCUT2D eigenvalue weighted by atomic mass is 9.97. The minimum atomic E-state index is -0.503. The van der Waals surface area contributed by atoms with Crippen LogP contribution in [0.25, 0.3) is 0 Å². The highest BCUT2D eigenvalue weighted by atomic mass is 16.2. The Morgan fingerprint density at radius 1 is 0.923 bits per heavy atom. The molecule has 1 aromatic rings. The third-order valence-corrected chi connectivity index (χ3v) is 4.84. The zero-order valence-corrected chi connectivity index (χ0v) is 15.0. The van der Waals surface area contributed by atoms with E-state index < -0.39 is 6.04 Å². The van der Waals surface area contributed by atoms with E-state index in [1.165, 1.54) is 6.92 Å². The number of rotatable bonds is 6. The van der Waals surface area contributed by atoms with Gasteiger partial charge in [0, 0.05) is 24.3 Å². The van der Waals surface area contributed by atoms with Crippen molar-refractivity contribution in [3.05, 3.63) is 24.3 Å². The van der Waals surface area contributed by atoms with Crippen molar-refractivity contribution in [3.8, 4) is 0 Å². The first kappa shape index (κ1) is 18.2. The molecule has 1 aromatic carbocycles. The Labute approximate surface area is 153 Å². The van der Waals surface area contributed by atoms with Gasteiger partial charge in [-0.1, -0.05) is 12.8 Å². The number of nitrogens with one attached hydrogen (secondary N) is 4. The SMILES string of the molecule is CC(=O)NC(C(=O)Nc1ccc(NC(=O)NC2CC2)cc1)C1CCCC1. The molecule has 0 spiro atoms. The summed E-state index contributed by atoms with van der Waals surface area (Å²) in [5.41, 5.74) is 1.30. The third kappa shape index (κ3) is 5.21. The van der Waals surface area contributed by atoms with Gasteiger partial charge in [-0.05, 0) is 55.9 Å². The van der Waals surface area contributed by atoms with Gasteiger partial charge in [-0.15, -0.1) is 0 Å². The topological polar surface area (TPSA) is 99.3 Å². The smallest absolute Gasteiger partial charge is 0.319 e. The summed E-state index contributed by atoms with van der Waals surface area (Å²) in [7, 11) is 0. The Morgan fingerprint density at radius 3 is 2.04 bits per heavy atom. The molecule has 0 radical (unpaired) electrons. The van der Waals surface area contributed by atoms with E-state index in [9.17, 15) is 14.4 Å². The monoisotopic (exact) mass is 358 g/mol. The van der Waals surface area contributed by atoms with Gasteiger partial charge in [0.05, 0.1) is 0 Å². The number of carbonyl (C=O) groups excluding carboxylic acids is 3. The Kier molecular flexibility index (Phi) is 5.75. The summed E-state index contributed by atoms with van der Waals surface area (Å²) >= 11 is 0. The van der Waals surface area contributed by atoms with Crippen molar-refractivity contribution in [1.29, 1.82) is 0 Å². The third-order valence-electron chi connectivity index (χ3n) is 4.84. The molecule has 2 fully saturated rings. The van der Waals surface area contributed by atoms with Gasteiger partial charge in [0.1, 0.15) is 6.04 Å². The minimum Gasteiger partial charge on any atom is -0.344 e. The molecule has 1 unspecified atom stereocenters. The summed E-state index contributed by atoms with van der Waals surface area (Å²) in [6, 6.07) is 6.55. The second kappa shape index (κ2) is 8.21. The fourth-order valence-electron chi connectivity index (χ4n) is 3.34. The highest BCUT2D eigenvalue weighted by molar-refractivity contribution is 5.97. The van der Waals surface area contributed by atoms with Gasteiger partial charge in [0.2, 0.25) is 11.8 Å². The summed E-state index contributed by atoms with van der Waals surface area (Å²) in [4.78, 5) is 35.8. The van der Waals surface area contributed by atoms with Crippen molar-refractivity contribution in [3.63, 3.8) is 0 Å². The lowest BCUT2D eigenvalue weighted by Gasteiger charge is -2.23. The van der Waals surface area contributed by atoms with Crippen molar-refractivity contribution in [2.45, 2.75) is 57.5 Å². The van der Waals surface area contributed by atoms with Crippen LogP contribution in [-0.4, -0.2) is 29.9 Å². The number of carbonyl (C=O) groups is 3. The zero-order chi connectivity index (χ0) is 18.5. The number of anilines is 2. The minimum absolute atomic E-state index is 0.186. The molecule has 26 heavy (non-hydrogen) atoms. The molecule has 4 amide bonds. The molecule has 140 valence electrons. The summed E-state index contributed by atoms with van der Waals surface area (Å²) in [6.45, 7) is 1.43. The van der Waals surface area contributed by atoms with E-state index >= 15 is 0 Å². The van der Waals surface area contributed by atoms with Crippen LogP contribution < -0.4 is 21.3 Å². The molecule has 2 saturated carbocycles. The predicted molar refractivity (Wildman–Crippen MR) is 99.8 cm³/mol. The Hall–Kier alpha value is -2.57. The van der Waals surface area contributed by atoms with E-state index in [0.29, 0.717) is 17.4 Å². The van der Waals surface area contributed by atoms with Crippen molar-refractivity contribution < 1.29 is 14.4 Å². The van der Waals surface area contributed by atoms with Gasteiger partial charge < -0.3 is 21.3 Å². The molecule has 2 aliphatic rings. The fourth-order valence-corrected chi connectivity index (χ4v) is 3.34. The van der Waals surface area contributed by atoms with Crippen LogP contribution in [-0.2, 0) is 9.59 Å². The van der Waals surface area contributed by atoms with E-state index in [0.717, 1.165) is 38.5 Å². The first-order chi connectivity index (χ1) is 12.5. The molecule has 7 heteroatoms. The van der Waals surface area contributed by atoms with Crippen LogP contribution in [0, 0.1) is 5.92 Å². The molecular weight excluding hydrogens is 332 g/mol. The van der Waals surface area contributed by atoms with E-state index in [-0.39, 0.29) is 23.8 Å². The molecule has 1 atom stereocenters. The summed E-state index contributed by atoms with van der Waals surface area (Å²) in [6.07, 6.45) is 6.17. The lowest BCUT2D eigenvalue weighted by Crippen LogP contribution is -2.47. The van der Waals surface area contributed by atoms with Gasteiger partial charge in [-0.2, -0.15) is 0 Å². The molecule has 3 rings (SSSR count). The van der Waals surface area contributed by atoms with Crippen LogP contribution in [0.1, 0.15) is 45.4 Å². The number of urea groups is 1. The highest BCUT2D eigenvalue weighted by Crippen LogP contribution is 2.28. The van der Waals surface area contributed by atoms with Crippen molar-refractivity contribution in [2.24, 2.45) is 5.92 Å². The number of hydrogen-bond acceptors (Lipinski definition) is 3. The molecular formula is C19H26N4O3. The Balaban J connectivity index is 1.56. The molecule has 0 aliphatic heterocycles. The second-order valence-corrected chi connectivity index (χ2v) is 7.16. The van der Waals surface area contributed by atoms with Crippen LogP contribution in [0.2, 0.25) is 0 Å². The second-order valence-electron chi connectivity index (χ2n) is 7.16. The first-order valence-electron chi connectivity index (χ1n) is 9.27. The maximum absolute atomic E-state index is 12.6. The van der Waals surface area contributed by atoms with Gasteiger partial charge >= 0.3 is 6.03 Å². The quantitative estimate of drug-likeness (QED) is 0.629. The van der Waals surface area contributed by atoms with Crippen LogP contribution in [0.4, 0.5) is 16.2 Å². The summed E-state index contributed by atoms with van der Waals surface area (Å²) in [5, 5.41) is 11.3. The maximum atomic E-state index is 12.6. The average Bonchev–Trinajstić information content (AvgIpc) is 3.23. The molecule has 2 aliphatic carbocycles. The standard InChI is InChI=1S/C19H26N4O3/c1-12(24)20-17(13-4-2-3-5-13)18(25)21-14-6-8-15(9-7-14)22-19(26)23-16-10-11-16/h6-9,13,16-17H,2-5,10-11H2,1H3,(H,20,24)(H,21,25)(H2,22,23,26). The molecule has 7 nitrogen and oxygen atoms in total. The largest absolute Gasteiger partial charge is 0.344 e. The van der Waals surface area contributed by atoms with Crippen LogP contribution in [0.3, 0.4) is 0 Å². The van der Waals surface area contributed by atoms with Crippen molar-refractivity contribution in [1.82, 2.24) is 10.6 Å². The van der Waals surface area contributed by atoms with E-state index in [1.54, 1.807) is 24.3 Å². The maximum Gasteiger partial charge on any atom is 0.319 e. The molecule has 0 saturated heterocycles.